The average molecular weight is 381 g/mol. The van der Waals surface area contributed by atoms with Gasteiger partial charge in [-0.25, -0.2) is 4.98 Å². The lowest BCUT2D eigenvalue weighted by molar-refractivity contribution is 0.0994. The van der Waals surface area contributed by atoms with Crippen LogP contribution in [-0.4, -0.2) is 21.8 Å². The molecular weight excluding hydrogens is 371 g/mol. The van der Waals surface area contributed by atoms with Gasteiger partial charge in [0.1, 0.15) is 5.69 Å². The molecule has 4 N–H and O–H groups in total. The van der Waals surface area contributed by atoms with Crippen molar-refractivity contribution in [1.29, 1.82) is 0 Å². The van der Waals surface area contributed by atoms with Gasteiger partial charge in [0.05, 0.1) is 16.3 Å². The molecule has 0 saturated heterocycles. The van der Waals surface area contributed by atoms with E-state index in [0.29, 0.717) is 26.4 Å². The van der Waals surface area contributed by atoms with Crippen molar-refractivity contribution in [1.82, 2.24) is 9.97 Å². The lowest BCUT2D eigenvalue weighted by Crippen LogP contribution is -2.12. The number of anilines is 1. The normalized spacial score (nSPS) is 10.6. The molecule has 24 heavy (non-hydrogen) atoms. The molecule has 1 aromatic carbocycles. The highest BCUT2D eigenvalue weighted by atomic mass is 35.5. The van der Waals surface area contributed by atoms with Gasteiger partial charge in [0.2, 0.25) is 0 Å². The number of carbonyl (C=O) groups excluding carboxylic acids is 2. The summed E-state index contributed by atoms with van der Waals surface area (Å²) in [5.41, 5.74) is 7.05. The van der Waals surface area contributed by atoms with Crippen LogP contribution in [0.1, 0.15) is 20.8 Å². The molecule has 122 valence electrons. The lowest BCUT2D eigenvalue weighted by atomic mass is 10.2. The lowest BCUT2D eigenvalue weighted by Gasteiger charge is -2.04. The average Bonchev–Trinajstić information content (AvgIpc) is 3.18. The second kappa shape index (κ2) is 6.64. The number of hydrogen-bond donors (Lipinski definition) is 3. The van der Waals surface area contributed by atoms with Gasteiger partial charge in [-0.05, 0) is 24.3 Å². The summed E-state index contributed by atoms with van der Waals surface area (Å²) in [6, 6.07) is 6.23. The number of aromatic amines is 1. The molecule has 9 heteroatoms. The smallest absolute Gasteiger partial charge is 0.265 e. The van der Waals surface area contributed by atoms with E-state index in [4.69, 9.17) is 28.9 Å². The number of halogens is 2. The molecule has 2 heterocycles. The Hall–Kier alpha value is -2.35. The number of carbonyl (C=O) groups is 2. The minimum atomic E-state index is -0.555. The molecule has 0 fully saturated rings. The zero-order chi connectivity index (χ0) is 17.3. The Balaban J connectivity index is 1.79. The number of benzene rings is 1. The number of H-pyrrole nitrogens is 1. The van der Waals surface area contributed by atoms with Crippen LogP contribution in [0, 0.1) is 0 Å². The monoisotopic (exact) mass is 380 g/mol. The van der Waals surface area contributed by atoms with Gasteiger partial charge in [0, 0.05) is 22.2 Å². The first kappa shape index (κ1) is 16.5. The molecule has 0 saturated carbocycles. The van der Waals surface area contributed by atoms with E-state index in [0.717, 1.165) is 0 Å². The maximum atomic E-state index is 12.3. The Morgan fingerprint density at radius 2 is 2.04 bits per heavy atom. The van der Waals surface area contributed by atoms with Gasteiger partial charge < -0.3 is 10.7 Å². The highest BCUT2D eigenvalue weighted by Crippen LogP contribution is 2.27. The van der Waals surface area contributed by atoms with Crippen molar-refractivity contribution in [3.63, 3.8) is 0 Å². The maximum Gasteiger partial charge on any atom is 0.265 e. The number of nitrogens with two attached hydrogens (primary N) is 1. The van der Waals surface area contributed by atoms with Crippen LogP contribution in [0.15, 0.2) is 35.8 Å². The minimum absolute atomic E-state index is 0.263. The fourth-order valence-corrected chi connectivity index (χ4v) is 3.07. The highest BCUT2D eigenvalue weighted by molar-refractivity contribution is 7.14. The quantitative estimate of drug-likeness (QED) is 0.641. The van der Waals surface area contributed by atoms with Crippen molar-refractivity contribution >= 4 is 51.5 Å². The number of hydrogen-bond acceptors (Lipinski definition) is 4. The summed E-state index contributed by atoms with van der Waals surface area (Å²) in [5.74, 6) is -0.962. The third-order valence-electron chi connectivity index (χ3n) is 3.14. The zero-order valence-electron chi connectivity index (χ0n) is 12.0. The topological polar surface area (TPSA) is 101 Å². The second-order valence-corrected chi connectivity index (χ2v) is 6.48. The van der Waals surface area contributed by atoms with Crippen LogP contribution in [0.4, 0.5) is 5.13 Å². The molecule has 2 amide bonds. The number of aromatic nitrogens is 2. The van der Waals surface area contributed by atoms with Crippen molar-refractivity contribution < 1.29 is 9.59 Å². The molecular formula is C15H10Cl2N4O2S. The molecule has 0 aliphatic rings. The Morgan fingerprint density at radius 3 is 2.75 bits per heavy atom. The standard InChI is InChI=1S/C15H10Cl2N4O2S/c16-8-1-2-10(17)9(4-8)14(23)21-15-20-12(6-24-15)7-3-11(13(18)22)19-5-7/h1-6,19H,(H2,18,22)(H,20,21,23). The van der Waals surface area contributed by atoms with E-state index in [1.54, 1.807) is 29.8 Å². The summed E-state index contributed by atoms with van der Waals surface area (Å²) >= 11 is 13.1. The van der Waals surface area contributed by atoms with Crippen molar-refractivity contribution in [3.05, 3.63) is 57.1 Å². The third-order valence-corrected chi connectivity index (χ3v) is 4.46. The first-order valence-electron chi connectivity index (χ1n) is 6.64. The molecule has 6 nitrogen and oxygen atoms in total. The predicted octanol–water partition coefficient (Wildman–Crippen LogP) is 3.80. The molecule has 3 rings (SSSR count). The van der Waals surface area contributed by atoms with Gasteiger partial charge in [-0.1, -0.05) is 23.2 Å². The van der Waals surface area contributed by atoms with Crippen molar-refractivity contribution in [2.24, 2.45) is 5.73 Å². The molecule has 2 aromatic heterocycles. The van der Waals surface area contributed by atoms with Gasteiger partial charge in [-0.15, -0.1) is 11.3 Å². The third kappa shape index (κ3) is 3.43. The molecule has 0 aliphatic heterocycles. The first-order chi connectivity index (χ1) is 11.4. The van der Waals surface area contributed by atoms with Gasteiger partial charge in [-0.2, -0.15) is 0 Å². The van der Waals surface area contributed by atoms with Crippen LogP contribution in [0.5, 0.6) is 0 Å². The summed E-state index contributed by atoms with van der Waals surface area (Å²) < 4.78 is 0. The number of nitrogens with one attached hydrogen (secondary N) is 2. The van der Waals surface area contributed by atoms with Crippen molar-refractivity contribution in [3.8, 4) is 11.3 Å². The van der Waals surface area contributed by atoms with Crippen LogP contribution < -0.4 is 11.1 Å². The molecule has 0 radical (unpaired) electrons. The van der Waals surface area contributed by atoms with Gasteiger partial charge in [-0.3, -0.25) is 14.9 Å². The number of thiazole rings is 1. The zero-order valence-corrected chi connectivity index (χ0v) is 14.3. The van der Waals surface area contributed by atoms with Crippen LogP contribution >= 0.6 is 34.5 Å². The molecule has 0 bridgehead atoms. The van der Waals surface area contributed by atoms with Crippen LogP contribution in [0.2, 0.25) is 10.0 Å². The fraction of sp³-hybridized carbons (Fsp3) is 0. The van der Waals surface area contributed by atoms with Gasteiger partial charge >= 0.3 is 0 Å². The summed E-state index contributed by atoms with van der Waals surface area (Å²) in [4.78, 5) is 30.4. The summed E-state index contributed by atoms with van der Waals surface area (Å²) in [6.45, 7) is 0. The van der Waals surface area contributed by atoms with E-state index in [1.165, 1.54) is 17.4 Å². The number of primary amides is 1. The molecule has 0 atom stereocenters. The molecule has 0 aliphatic carbocycles. The van der Waals surface area contributed by atoms with E-state index in [1.807, 2.05) is 0 Å². The Kier molecular flexibility index (Phi) is 4.57. The second-order valence-electron chi connectivity index (χ2n) is 4.78. The van der Waals surface area contributed by atoms with Crippen LogP contribution in [0.3, 0.4) is 0 Å². The van der Waals surface area contributed by atoms with Crippen molar-refractivity contribution in [2.75, 3.05) is 5.32 Å². The number of nitrogens with zero attached hydrogens (tertiary/aromatic N) is 1. The van der Waals surface area contributed by atoms with Crippen molar-refractivity contribution in [2.45, 2.75) is 0 Å². The fourth-order valence-electron chi connectivity index (χ4n) is 1.98. The van der Waals surface area contributed by atoms with Gasteiger partial charge in [0.15, 0.2) is 5.13 Å². The molecule has 0 unspecified atom stereocenters. The predicted molar refractivity (Wildman–Crippen MR) is 94.8 cm³/mol. The van der Waals surface area contributed by atoms with E-state index in [-0.39, 0.29) is 11.3 Å². The summed E-state index contributed by atoms with van der Waals surface area (Å²) in [7, 11) is 0. The number of amides is 2. The Labute approximate surface area is 150 Å². The van der Waals surface area contributed by atoms with E-state index >= 15 is 0 Å². The van der Waals surface area contributed by atoms with E-state index in [2.05, 4.69) is 15.3 Å². The summed E-state index contributed by atoms with van der Waals surface area (Å²) in [5, 5.41) is 5.53. The molecule has 3 aromatic rings. The molecule has 0 spiro atoms. The van der Waals surface area contributed by atoms with Gasteiger partial charge in [0.25, 0.3) is 11.8 Å². The number of rotatable bonds is 4. The van der Waals surface area contributed by atoms with E-state index in [9.17, 15) is 9.59 Å². The first-order valence-corrected chi connectivity index (χ1v) is 8.28. The Morgan fingerprint density at radius 1 is 1.25 bits per heavy atom. The van der Waals surface area contributed by atoms with Crippen LogP contribution in [0.25, 0.3) is 11.3 Å². The highest BCUT2D eigenvalue weighted by Gasteiger charge is 2.14. The Bertz CT molecular complexity index is 935. The maximum absolute atomic E-state index is 12.3. The largest absolute Gasteiger partial charge is 0.364 e. The minimum Gasteiger partial charge on any atom is -0.364 e. The summed E-state index contributed by atoms with van der Waals surface area (Å²) in [6.07, 6.45) is 1.62. The SMILES string of the molecule is NC(=O)c1cc(-c2csc(NC(=O)c3cc(Cl)ccc3Cl)n2)c[nH]1. The van der Waals surface area contributed by atoms with E-state index < -0.39 is 11.8 Å². The van der Waals surface area contributed by atoms with Crippen LogP contribution in [-0.2, 0) is 0 Å².